The molecule has 1 aliphatic carbocycles. The third-order valence-electron chi connectivity index (χ3n) is 4.22. The number of carbonyl (C=O) groups is 1. The molecular formula is C16H22ClNO3. The van der Waals surface area contributed by atoms with Crippen molar-refractivity contribution in [2.75, 3.05) is 26.6 Å². The van der Waals surface area contributed by atoms with E-state index in [1.54, 1.807) is 32.4 Å². The molecule has 0 unspecified atom stereocenters. The SMILES string of the molecule is COc1ccc(C(=O)NCC2(CCl)CCCC2)cc1OC. The van der Waals surface area contributed by atoms with E-state index < -0.39 is 0 Å². The summed E-state index contributed by atoms with van der Waals surface area (Å²) >= 11 is 6.09. The maximum absolute atomic E-state index is 12.3. The molecule has 0 radical (unpaired) electrons. The van der Waals surface area contributed by atoms with E-state index in [-0.39, 0.29) is 11.3 Å². The minimum Gasteiger partial charge on any atom is -0.493 e. The first kappa shape index (κ1) is 16.0. The molecule has 1 saturated carbocycles. The standard InChI is InChI=1S/C16H22ClNO3/c1-20-13-6-5-12(9-14(13)21-2)15(19)18-11-16(10-17)7-3-4-8-16/h5-6,9H,3-4,7-8,10-11H2,1-2H3,(H,18,19). The van der Waals surface area contributed by atoms with Crippen LogP contribution < -0.4 is 14.8 Å². The number of rotatable bonds is 6. The van der Waals surface area contributed by atoms with Gasteiger partial charge in [0.2, 0.25) is 0 Å². The van der Waals surface area contributed by atoms with Crippen LogP contribution in [0.3, 0.4) is 0 Å². The van der Waals surface area contributed by atoms with Crippen molar-refractivity contribution in [3.8, 4) is 11.5 Å². The van der Waals surface area contributed by atoms with Crippen LogP contribution in [0.1, 0.15) is 36.0 Å². The first-order chi connectivity index (χ1) is 10.1. The Morgan fingerprint density at radius 2 is 1.90 bits per heavy atom. The minimum atomic E-state index is -0.104. The van der Waals surface area contributed by atoms with Crippen LogP contribution in [0.4, 0.5) is 0 Å². The van der Waals surface area contributed by atoms with Crippen LogP contribution in [0.5, 0.6) is 11.5 Å². The van der Waals surface area contributed by atoms with E-state index in [0.29, 0.717) is 29.5 Å². The van der Waals surface area contributed by atoms with Crippen LogP contribution in [0.25, 0.3) is 0 Å². The normalized spacial score (nSPS) is 16.5. The van der Waals surface area contributed by atoms with E-state index in [4.69, 9.17) is 21.1 Å². The highest BCUT2D eigenvalue weighted by Gasteiger charge is 2.33. The molecule has 1 aliphatic rings. The predicted molar refractivity (Wildman–Crippen MR) is 83.5 cm³/mol. The van der Waals surface area contributed by atoms with Crippen LogP contribution in [0, 0.1) is 5.41 Å². The van der Waals surface area contributed by atoms with Gasteiger partial charge in [0, 0.05) is 23.4 Å². The fraction of sp³-hybridized carbons (Fsp3) is 0.562. The molecule has 2 rings (SSSR count). The van der Waals surface area contributed by atoms with Crippen molar-refractivity contribution in [2.45, 2.75) is 25.7 Å². The molecule has 5 heteroatoms. The number of halogens is 1. The number of amides is 1. The van der Waals surface area contributed by atoms with Gasteiger partial charge in [-0.25, -0.2) is 0 Å². The molecule has 1 aromatic carbocycles. The molecule has 0 saturated heterocycles. The Morgan fingerprint density at radius 1 is 1.24 bits per heavy atom. The van der Waals surface area contributed by atoms with E-state index in [0.717, 1.165) is 12.8 Å². The lowest BCUT2D eigenvalue weighted by atomic mass is 9.88. The minimum absolute atomic E-state index is 0.0633. The van der Waals surface area contributed by atoms with Crippen molar-refractivity contribution in [3.05, 3.63) is 23.8 Å². The first-order valence-corrected chi connectivity index (χ1v) is 7.74. The molecule has 1 fully saturated rings. The lowest BCUT2D eigenvalue weighted by Crippen LogP contribution is -2.37. The second-order valence-corrected chi connectivity index (χ2v) is 5.86. The van der Waals surface area contributed by atoms with Crippen molar-refractivity contribution < 1.29 is 14.3 Å². The van der Waals surface area contributed by atoms with E-state index in [1.807, 2.05) is 0 Å². The third kappa shape index (κ3) is 3.62. The van der Waals surface area contributed by atoms with Crippen molar-refractivity contribution in [3.63, 3.8) is 0 Å². The lowest BCUT2D eigenvalue weighted by molar-refractivity contribution is 0.0934. The van der Waals surface area contributed by atoms with Gasteiger partial charge in [0.1, 0.15) is 0 Å². The molecule has 0 spiro atoms. The molecule has 0 atom stereocenters. The van der Waals surface area contributed by atoms with Crippen LogP contribution in [-0.2, 0) is 0 Å². The molecule has 0 aromatic heterocycles. The van der Waals surface area contributed by atoms with Crippen molar-refractivity contribution in [1.29, 1.82) is 0 Å². The first-order valence-electron chi connectivity index (χ1n) is 7.20. The number of alkyl halides is 1. The highest BCUT2D eigenvalue weighted by molar-refractivity contribution is 6.18. The van der Waals surface area contributed by atoms with Gasteiger partial charge in [-0.3, -0.25) is 4.79 Å². The molecule has 0 aliphatic heterocycles. The summed E-state index contributed by atoms with van der Waals surface area (Å²) in [4.78, 5) is 12.3. The summed E-state index contributed by atoms with van der Waals surface area (Å²) in [5.74, 6) is 1.66. The maximum atomic E-state index is 12.3. The third-order valence-corrected chi connectivity index (χ3v) is 4.78. The molecule has 0 heterocycles. The Labute approximate surface area is 130 Å². The topological polar surface area (TPSA) is 47.6 Å². The number of nitrogens with one attached hydrogen (secondary N) is 1. The van der Waals surface area contributed by atoms with Gasteiger partial charge in [-0.15, -0.1) is 11.6 Å². The summed E-state index contributed by atoms with van der Waals surface area (Å²) in [7, 11) is 3.13. The number of carbonyl (C=O) groups excluding carboxylic acids is 1. The van der Waals surface area contributed by atoms with Crippen LogP contribution in [0.2, 0.25) is 0 Å². The Balaban J connectivity index is 2.03. The average Bonchev–Trinajstić information content (AvgIpc) is 3.01. The van der Waals surface area contributed by atoms with Gasteiger partial charge in [0.05, 0.1) is 14.2 Å². The molecule has 1 amide bonds. The Bertz CT molecular complexity index is 498. The number of hydrogen-bond acceptors (Lipinski definition) is 3. The van der Waals surface area contributed by atoms with Gasteiger partial charge in [-0.05, 0) is 31.0 Å². The van der Waals surface area contributed by atoms with Crippen molar-refractivity contribution in [2.24, 2.45) is 5.41 Å². The lowest BCUT2D eigenvalue weighted by Gasteiger charge is -2.26. The molecule has 1 N–H and O–H groups in total. The highest BCUT2D eigenvalue weighted by Crippen LogP contribution is 2.38. The monoisotopic (exact) mass is 311 g/mol. The zero-order valence-electron chi connectivity index (χ0n) is 12.6. The van der Waals surface area contributed by atoms with Gasteiger partial charge in [-0.2, -0.15) is 0 Å². The predicted octanol–water partition coefficient (Wildman–Crippen LogP) is 3.23. The molecule has 0 bridgehead atoms. The molecule has 21 heavy (non-hydrogen) atoms. The molecule has 4 nitrogen and oxygen atoms in total. The zero-order valence-corrected chi connectivity index (χ0v) is 13.3. The van der Waals surface area contributed by atoms with Gasteiger partial charge in [0.25, 0.3) is 5.91 Å². The molecule has 1 aromatic rings. The molecule has 116 valence electrons. The quantitative estimate of drug-likeness (QED) is 0.821. The van der Waals surface area contributed by atoms with Crippen LogP contribution in [0.15, 0.2) is 18.2 Å². The average molecular weight is 312 g/mol. The highest BCUT2D eigenvalue weighted by atomic mass is 35.5. The van der Waals surface area contributed by atoms with Gasteiger partial charge < -0.3 is 14.8 Å². The van der Waals surface area contributed by atoms with Crippen molar-refractivity contribution in [1.82, 2.24) is 5.32 Å². The Hall–Kier alpha value is -1.42. The van der Waals surface area contributed by atoms with E-state index in [2.05, 4.69) is 5.32 Å². The number of benzene rings is 1. The van der Waals surface area contributed by atoms with Gasteiger partial charge >= 0.3 is 0 Å². The smallest absolute Gasteiger partial charge is 0.251 e. The maximum Gasteiger partial charge on any atom is 0.251 e. The van der Waals surface area contributed by atoms with E-state index in [1.165, 1.54) is 12.8 Å². The second kappa shape index (κ2) is 7.03. The van der Waals surface area contributed by atoms with Gasteiger partial charge in [0.15, 0.2) is 11.5 Å². The Kier molecular flexibility index (Phi) is 5.34. The Morgan fingerprint density at radius 3 is 2.48 bits per heavy atom. The summed E-state index contributed by atoms with van der Waals surface area (Å²) in [6, 6.07) is 5.16. The largest absolute Gasteiger partial charge is 0.493 e. The summed E-state index contributed by atoms with van der Waals surface area (Å²) < 4.78 is 10.4. The second-order valence-electron chi connectivity index (χ2n) is 5.59. The van der Waals surface area contributed by atoms with Crippen molar-refractivity contribution >= 4 is 17.5 Å². The van der Waals surface area contributed by atoms with Crippen LogP contribution in [-0.4, -0.2) is 32.6 Å². The zero-order chi connectivity index (χ0) is 15.3. The summed E-state index contributed by atoms with van der Waals surface area (Å²) in [6.07, 6.45) is 4.56. The fourth-order valence-corrected chi connectivity index (χ4v) is 3.19. The number of methoxy groups -OCH3 is 2. The van der Waals surface area contributed by atoms with E-state index in [9.17, 15) is 4.79 Å². The number of ether oxygens (including phenoxy) is 2. The van der Waals surface area contributed by atoms with Crippen LogP contribution >= 0.6 is 11.6 Å². The molecular weight excluding hydrogens is 290 g/mol. The fourth-order valence-electron chi connectivity index (χ4n) is 2.83. The van der Waals surface area contributed by atoms with E-state index >= 15 is 0 Å². The summed E-state index contributed by atoms with van der Waals surface area (Å²) in [5.41, 5.74) is 0.628. The summed E-state index contributed by atoms with van der Waals surface area (Å²) in [5, 5.41) is 3.00. The van der Waals surface area contributed by atoms with Gasteiger partial charge in [-0.1, -0.05) is 12.8 Å². The summed E-state index contributed by atoms with van der Waals surface area (Å²) in [6.45, 7) is 0.629. The number of hydrogen-bond donors (Lipinski definition) is 1.